The molecule has 0 bridgehead atoms. The molecular formula is C15H21ClN2O2. The maximum atomic E-state index is 12.2. The predicted molar refractivity (Wildman–Crippen MR) is 79.9 cm³/mol. The molecule has 2 rings (SSSR count). The molecule has 0 aromatic heterocycles. The van der Waals surface area contributed by atoms with Crippen LogP contribution in [0.2, 0.25) is 5.02 Å². The molecule has 1 N–H and O–H groups in total. The van der Waals surface area contributed by atoms with E-state index in [1.165, 1.54) is 0 Å². The molecule has 1 atom stereocenters. The fraction of sp³-hybridized carbons (Fsp3) is 0.533. The molecule has 20 heavy (non-hydrogen) atoms. The van der Waals surface area contributed by atoms with Gasteiger partial charge in [0, 0.05) is 37.7 Å². The van der Waals surface area contributed by atoms with Crippen molar-refractivity contribution in [1.82, 2.24) is 9.80 Å². The lowest BCUT2D eigenvalue weighted by molar-refractivity contribution is -0.132. The molecule has 5 heteroatoms. The quantitative estimate of drug-likeness (QED) is 0.913. The minimum Gasteiger partial charge on any atom is -0.392 e. The van der Waals surface area contributed by atoms with Gasteiger partial charge in [0.05, 0.1) is 12.5 Å². The van der Waals surface area contributed by atoms with Crippen molar-refractivity contribution >= 4 is 17.5 Å². The molecule has 4 nitrogen and oxygen atoms in total. The van der Waals surface area contributed by atoms with Gasteiger partial charge in [-0.15, -0.1) is 0 Å². The van der Waals surface area contributed by atoms with Crippen LogP contribution in [-0.2, 0) is 11.2 Å². The number of halogens is 1. The van der Waals surface area contributed by atoms with E-state index in [2.05, 4.69) is 4.90 Å². The van der Waals surface area contributed by atoms with Gasteiger partial charge in [-0.25, -0.2) is 0 Å². The van der Waals surface area contributed by atoms with Crippen molar-refractivity contribution in [2.24, 2.45) is 0 Å². The van der Waals surface area contributed by atoms with Crippen LogP contribution in [0.5, 0.6) is 0 Å². The molecule has 1 aromatic carbocycles. The van der Waals surface area contributed by atoms with E-state index in [0.29, 0.717) is 18.0 Å². The zero-order valence-corrected chi connectivity index (χ0v) is 12.5. The summed E-state index contributed by atoms with van der Waals surface area (Å²) in [5.41, 5.74) is 0.880. The molecule has 1 saturated heterocycles. The third-order valence-corrected chi connectivity index (χ3v) is 3.92. The second-order valence-corrected chi connectivity index (χ2v) is 5.71. The maximum Gasteiger partial charge on any atom is 0.227 e. The number of rotatable bonds is 4. The Labute approximate surface area is 124 Å². The smallest absolute Gasteiger partial charge is 0.227 e. The van der Waals surface area contributed by atoms with Gasteiger partial charge in [0.15, 0.2) is 0 Å². The summed E-state index contributed by atoms with van der Waals surface area (Å²) in [7, 11) is 0. The van der Waals surface area contributed by atoms with Crippen molar-refractivity contribution in [3.05, 3.63) is 34.9 Å². The highest BCUT2D eigenvalue weighted by molar-refractivity contribution is 6.31. The number of hydrogen-bond acceptors (Lipinski definition) is 3. The van der Waals surface area contributed by atoms with Crippen LogP contribution in [0.1, 0.15) is 12.5 Å². The van der Waals surface area contributed by atoms with Crippen molar-refractivity contribution in [3.8, 4) is 0 Å². The first-order chi connectivity index (χ1) is 9.56. The SMILES string of the molecule is C[C@H](O)CN1CCN(C(=O)Cc2ccccc2Cl)CC1. The number of piperazine rings is 1. The lowest BCUT2D eigenvalue weighted by Gasteiger charge is -2.35. The number of aliphatic hydroxyl groups excluding tert-OH is 1. The van der Waals surface area contributed by atoms with Crippen LogP contribution in [0.15, 0.2) is 24.3 Å². The molecule has 1 aromatic rings. The first-order valence-corrected chi connectivity index (χ1v) is 7.35. The van der Waals surface area contributed by atoms with E-state index in [1.54, 1.807) is 6.92 Å². The lowest BCUT2D eigenvalue weighted by Crippen LogP contribution is -2.50. The first kappa shape index (κ1) is 15.3. The van der Waals surface area contributed by atoms with Crippen molar-refractivity contribution in [1.29, 1.82) is 0 Å². The van der Waals surface area contributed by atoms with Gasteiger partial charge in [-0.2, -0.15) is 0 Å². The minimum atomic E-state index is -0.319. The second kappa shape index (κ2) is 7.07. The van der Waals surface area contributed by atoms with Crippen molar-refractivity contribution in [3.63, 3.8) is 0 Å². The van der Waals surface area contributed by atoms with Crippen LogP contribution in [0.3, 0.4) is 0 Å². The number of hydrogen-bond donors (Lipinski definition) is 1. The average molecular weight is 297 g/mol. The largest absolute Gasteiger partial charge is 0.392 e. The molecule has 1 aliphatic heterocycles. The fourth-order valence-electron chi connectivity index (χ4n) is 2.47. The molecule has 1 heterocycles. The number of carbonyl (C=O) groups excluding carboxylic acids is 1. The van der Waals surface area contributed by atoms with Gasteiger partial charge in [-0.1, -0.05) is 29.8 Å². The Morgan fingerprint density at radius 1 is 1.30 bits per heavy atom. The van der Waals surface area contributed by atoms with E-state index in [1.807, 2.05) is 29.2 Å². The monoisotopic (exact) mass is 296 g/mol. The van der Waals surface area contributed by atoms with Crippen molar-refractivity contribution < 1.29 is 9.90 Å². The zero-order chi connectivity index (χ0) is 14.5. The third kappa shape index (κ3) is 4.20. The van der Waals surface area contributed by atoms with Crippen LogP contribution in [0.4, 0.5) is 0 Å². The van der Waals surface area contributed by atoms with Gasteiger partial charge in [0.2, 0.25) is 5.91 Å². The minimum absolute atomic E-state index is 0.120. The highest BCUT2D eigenvalue weighted by Crippen LogP contribution is 2.16. The number of aliphatic hydroxyl groups is 1. The van der Waals surface area contributed by atoms with Crippen LogP contribution >= 0.6 is 11.6 Å². The average Bonchev–Trinajstić information content (AvgIpc) is 2.41. The van der Waals surface area contributed by atoms with Crippen LogP contribution in [-0.4, -0.2) is 59.6 Å². The van der Waals surface area contributed by atoms with Crippen LogP contribution < -0.4 is 0 Å². The van der Waals surface area contributed by atoms with E-state index < -0.39 is 0 Å². The van der Waals surface area contributed by atoms with E-state index >= 15 is 0 Å². The molecule has 0 aliphatic carbocycles. The summed E-state index contributed by atoms with van der Waals surface area (Å²) in [6.07, 6.45) is 0.0381. The molecule has 1 aliphatic rings. The van der Waals surface area contributed by atoms with Gasteiger partial charge in [0.1, 0.15) is 0 Å². The molecule has 0 unspecified atom stereocenters. The summed E-state index contributed by atoms with van der Waals surface area (Å²) in [6, 6.07) is 7.47. The Morgan fingerprint density at radius 3 is 2.55 bits per heavy atom. The topological polar surface area (TPSA) is 43.8 Å². The summed E-state index contributed by atoms with van der Waals surface area (Å²) in [6.45, 7) is 5.53. The summed E-state index contributed by atoms with van der Waals surface area (Å²) in [4.78, 5) is 16.3. The Bertz CT molecular complexity index is 457. The zero-order valence-electron chi connectivity index (χ0n) is 11.8. The van der Waals surface area contributed by atoms with Crippen LogP contribution in [0, 0.1) is 0 Å². The van der Waals surface area contributed by atoms with Crippen molar-refractivity contribution in [2.45, 2.75) is 19.4 Å². The Morgan fingerprint density at radius 2 is 1.95 bits per heavy atom. The molecule has 0 spiro atoms. The van der Waals surface area contributed by atoms with Gasteiger partial charge < -0.3 is 10.0 Å². The van der Waals surface area contributed by atoms with E-state index in [9.17, 15) is 9.90 Å². The summed E-state index contributed by atoms with van der Waals surface area (Å²) in [5.74, 6) is 0.120. The van der Waals surface area contributed by atoms with Gasteiger partial charge >= 0.3 is 0 Å². The molecule has 0 saturated carbocycles. The lowest BCUT2D eigenvalue weighted by atomic mass is 10.1. The van der Waals surface area contributed by atoms with E-state index in [-0.39, 0.29) is 12.0 Å². The first-order valence-electron chi connectivity index (χ1n) is 6.98. The Hall–Kier alpha value is -1.10. The van der Waals surface area contributed by atoms with E-state index in [0.717, 1.165) is 31.7 Å². The Kier molecular flexibility index (Phi) is 5.40. The summed E-state index contributed by atoms with van der Waals surface area (Å²) < 4.78 is 0. The van der Waals surface area contributed by atoms with Crippen molar-refractivity contribution in [2.75, 3.05) is 32.7 Å². The number of β-amino-alcohol motifs (C(OH)–C–C–N with tert-alkyl or cyclic N) is 1. The molecule has 110 valence electrons. The number of benzene rings is 1. The van der Waals surface area contributed by atoms with Gasteiger partial charge in [-0.3, -0.25) is 9.69 Å². The van der Waals surface area contributed by atoms with Gasteiger partial charge in [0.25, 0.3) is 0 Å². The predicted octanol–water partition coefficient (Wildman–Crippen LogP) is 1.41. The standard InChI is InChI=1S/C15H21ClN2O2/c1-12(19)11-17-6-8-18(9-7-17)15(20)10-13-4-2-3-5-14(13)16/h2-5,12,19H,6-11H2,1H3/t12-/m0/s1. The second-order valence-electron chi connectivity index (χ2n) is 5.30. The normalized spacial score (nSPS) is 18.1. The molecule has 1 fully saturated rings. The summed E-state index contributed by atoms with van der Waals surface area (Å²) >= 11 is 6.08. The molecular weight excluding hydrogens is 276 g/mol. The van der Waals surface area contributed by atoms with Crippen LogP contribution in [0.25, 0.3) is 0 Å². The fourth-order valence-corrected chi connectivity index (χ4v) is 2.67. The highest BCUT2D eigenvalue weighted by atomic mass is 35.5. The summed E-state index contributed by atoms with van der Waals surface area (Å²) in [5, 5.41) is 10.0. The number of amides is 1. The molecule has 1 amide bonds. The van der Waals surface area contributed by atoms with Gasteiger partial charge in [-0.05, 0) is 18.6 Å². The highest BCUT2D eigenvalue weighted by Gasteiger charge is 2.22. The maximum absolute atomic E-state index is 12.2. The number of carbonyl (C=O) groups is 1. The Balaban J connectivity index is 1.85. The molecule has 0 radical (unpaired) electrons. The van der Waals surface area contributed by atoms with E-state index in [4.69, 9.17) is 11.6 Å². The number of nitrogens with zero attached hydrogens (tertiary/aromatic N) is 2. The third-order valence-electron chi connectivity index (χ3n) is 3.55.